The lowest BCUT2D eigenvalue weighted by Gasteiger charge is -2.12. The number of para-hydroxylation sites is 1. The zero-order chi connectivity index (χ0) is 15.3. The van der Waals surface area contributed by atoms with Crippen LogP contribution in [0.1, 0.15) is 5.56 Å². The first-order valence-corrected chi connectivity index (χ1v) is 7.53. The molecule has 4 rings (SSSR count). The molecule has 1 aliphatic heterocycles. The molecule has 0 radical (unpaired) electrons. The number of benzene rings is 2. The highest BCUT2D eigenvalue weighted by Crippen LogP contribution is 2.31. The number of rotatable bonds is 0. The van der Waals surface area contributed by atoms with Crippen LogP contribution in [0.25, 0.3) is 22.3 Å². The lowest BCUT2D eigenvalue weighted by Crippen LogP contribution is -2.26. The van der Waals surface area contributed by atoms with Crippen LogP contribution in [0.2, 0.25) is 0 Å². The van der Waals surface area contributed by atoms with Gasteiger partial charge >= 0.3 is 0 Å². The zero-order valence-electron chi connectivity index (χ0n) is 11.7. The van der Waals surface area contributed by atoms with Gasteiger partial charge in [-0.05, 0) is 36.2 Å². The Morgan fingerprint density at radius 1 is 1.23 bits per heavy atom. The maximum absolute atomic E-state index is 12.8. The number of phenols is 1. The number of hydrogen-bond acceptors (Lipinski definition) is 3. The van der Waals surface area contributed by atoms with E-state index in [2.05, 4.69) is 4.98 Å². The van der Waals surface area contributed by atoms with Crippen molar-refractivity contribution in [3.63, 3.8) is 0 Å². The Bertz CT molecular complexity index is 949. The summed E-state index contributed by atoms with van der Waals surface area (Å²) >= 11 is 6.39. The second-order valence-electron chi connectivity index (χ2n) is 5.51. The second-order valence-corrected chi connectivity index (χ2v) is 6.13. The third kappa shape index (κ3) is 1.99. The fourth-order valence-electron chi connectivity index (χ4n) is 2.99. The molecular formula is C17H13ClN2O2. The minimum absolute atomic E-state index is 0.0950. The summed E-state index contributed by atoms with van der Waals surface area (Å²) in [6, 6.07) is 12.4. The number of alkyl halides is 1. The smallest absolute Gasteiger partial charge is 0.261 e. The van der Waals surface area contributed by atoms with Crippen molar-refractivity contribution in [3.8, 4) is 17.1 Å². The highest BCUT2D eigenvalue weighted by atomic mass is 35.5. The van der Waals surface area contributed by atoms with Gasteiger partial charge in [0, 0.05) is 12.1 Å². The van der Waals surface area contributed by atoms with Gasteiger partial charge in [0.15, 0.2) is 0 Å². The van der Waals surface area contributed by atoms with Gasteiger partial charge in [-0.25, -0.2) is 4.98 Å². The Hall–Kier alpha value is -2.33. The largest absolute Gasteiger partial charge is 0.508 e. The van der Waals surface area contributed by atoms with Gasteiger partial charge in [0.2, 0.25) is 0 Å². The molecule has 0 saturated heterocycles. The average molecular weight is 313 g/mol. The molecule has 2 aromatic carbocycles. The maximum atomic E-state index is 12.8. The molecule has 0 saturated carbocycles. The van der Waals surface area contributed by atoms with Crippen molar-refractivity contribution in [2.45, 2.75) is 18.3 Å². The molecule has 0 spiro atoms. The van der Waals surface area contributed by atoms with Crippen LogP contribution in [0, 0.1) is 0 Å². The molecule has 1 atom stereocenters. The van der Waals surface area contributed by atoms with E-state index in [1.807, 2.05) is 24.3 Å². The molecule has 1 aromatic heterocycles. The quantitative estimate of drug-likeness (QED) is 0.649. The molecule has 3 aromatic rings. The standard InChI is InChI=1S/C17H13ClN2O2/c18-11-7-10-5-6-12(21)8-14(10)16-19-15-4-2-1-3-13(15)17(22)20(16)9-11/h1-6,8,11,21H,7,9H2. The van der Waals surface area contributed by atoms with Crippen LogP contribution in [0.4, 0.5) is 0 Å². The monoisotopic (exact) mass is 312 g/mol. The van der Waals surface area contributed by atoms with Gasteiger partial charge in [0.05, 0.1) is 16.3 Å². The van der Waals surface area contributed by atoms with Gasteiger partial charge in [-0.1, -0.05) is 18.2 Å². The number of phenolic OH excluding ortho intramolecular Hbond substituents is 1. The number of aromatic hydroxyl groups is 1. The Morgan fingerprint density at radius 2 is 2.05 bits per heavy atom. The van der Waals surface area contributed by atoms with Crippen LogP contribution in [0.5, 0.6) is 5.75 Å². The van der Waals surface area contributed by atoms with Crippen molar-refractivity contribution in [1.82, 2.24) is 9.55 Å². The van der Waals surface area contributed by atoms with Gasteiger partial charge in [-0.2, -0.15) is 0 Å². The van der Waals surface area contributed by atoms with Gasteiger partial charge in [-0.3, -0.25) is 9.36 Å². The Balaban J connectivity index is 2.13. The molecule has 1 unspecified atom stereocenters. The SMILES string of the molecule is O=c1c2ccccc2nc2n1CC(Cl)Cc1ccc(O)cc1-2. The Labute approximate surface area is 131 Å². The topological polar surface area (TPSA) is 55.1 Å². The Kier molecular flexibility index (Phi) is 2.94. The van der Waals surface area contributed by atoms with E-state index in [9.17, 15) is 9.90 Å². The van der Waals surface area contributed by atoms with E-state index in [4.69, 9.17) is 11.6 Å². The molecule has 110 valence electrons. The molecular weight excluding hydrogens is 300 g/mol. The van der Waals surface area contributed by atoms with Crippen LogP contribution >= 0.6 is 11.6 Å². The number of hydrogen-bond donors (Lipinski definition) is 1. The minimum Gasteiger partial charge on any atom is -0.508 e. The molecule has 0 aliphatic carbocycles. The first-order chi connectivity index (χ1) is 10.6. The van der Waals surface area contributed by atoms with E-state index in [0.717, 1.165) is 11.1 Å². The molecule has 0 fully saturated rings. The van der Waals surface area contributed by atoms with Gasteiger partial charge in [0.25, 0.3) is 5.56 Å². The minimum atomic E-state index is -0.190. The van der Waals surface area contributed by atoms with Gasteiger partial charge in [-0.15, -0.1) is 11.6 Å². The Morgan fingerprint density at radius 3 is 2.91 bits per heavy atom. The van der Waals surface area contributed by atoms with E-state index in [1.54, 1.807) is 22.8 Å². The van der Waals surface area contributed by atoms with Crippen LogP contribution in [0.3, 0.4) is 0 Å². The molecule has 2 heterocycles. The first-order valence-electron chi connectivity index (χ1n) is 7.09. The summed E-state index contributed by atoms with van der Waals surface area (Å²) in [4.78, 5) is 17.4. The van der Waals surface area contributed by atoms with Crippen molar-refractivity contribution in [2.24, 2.45) is 0 Å². The lowest BCUT2D eigenvalue weighted by atomic mass is 10.0. The highest BCUT2D eigenvalue weighted by Gasteiger charge is 2.23. The van der Waals surface area contributed by atoms with E-state index in [-0.39, 0.29) is 16.7 Å². The molecule has 22 heavy (non-hydrogen) atoms. The van der Waals surface area contributed by atoms with Crippen LogP contribution in [0.15, 0.2) is 47.3 Å². The van der Waals surface area contributed by atoms with Crippen molar-refractivity contribution in [1.29, 1.82) is 0 Å². The highest BCUT2D eigenvalue weighted by molar-refractivity contribution is 6.20. The van der Waals surface area contributed by atoms with Crippen molar-refractivity contribution >= 4 is 22.5 Å². The summed E-state index contributed by atoms with van der Waals surface area (Å²) in [7, 11) is 0. The van der Waals surface area contributed by atoms with Gasteiger partial charge < -0.3 is 5.11 Å². The molecule has 5 heteroatoms. The second kappa shape index (κ2) is 4.85. The molecule has 1 aliphatic rings. The van der Waals surface area contributed by atoms with Crippen molar-refractivity contribution < 1.29 is 5.11 Å². The number of aromatic nitrogens is 2. The predicted molar refractivity (Wildman–Crippen MR) is 86.4 cm³/mol. The van der Waals surface area contributed by atoms with Crippen LogP contribution in [-0.4, -0.2) is 20.0 Å². The fraction of sp³-hybridized carbons (Fsp3) is 0.176. The normalized spacial score (nSPS) is 16.9. The molecule has 1 N–H and O–H groups in total. The lowest BCUT2D eigenvalue weighted by molar-refractivity contribution is 0.475. The van der Waals surface area contributed by atoms with Crippen molar-refractivity contribution in [2.75, 3.05) is 0 Å². The molecule has 0 bridgehead atoms. The van der Waals surface area contributed by atoms with E-state index in [1.165, 1.54) is 0 Å². The first kappa shape index (κ1) is 13.3. The fourth-order valence-corrected chi connectivity index (χ4v) is 3.30. The van der Waals surface area contributed by atoms with E-state index >= 15 is 0 Å². The number of nitrogens with zero attached hydrogens (tertiary/aromatic N) is 2. The van der Waals surface area contributed by atoms with Crippen molar-refractivity contribution in [3.05, 3.63) is 58.4 Å². The summed E-state index contributed by atoms with van der Waals surface area (Å²) in [5.74, 6) is 0.721. The zero-order valence-corrected chi connectivity index (χ0v) is 12.4. The van der Waals surface area contributed by atoms with Gasteiger partial charge in [0.1, 0.15) is 11.6 Å². The van der Waals surface area contributed by atoms with Crippen LogP contribution in [-0.2, 0) is 13.0 Å². The number of halogens is 1. The molecule has 4 nitrogen and oxygen atoms in total. The van der Waals surface area contributed by atoms with Crippen LogP contribution < -0.4 is 5.56 Å². The third-order valence-corrected chi connectivity index (χ3v) is 4.31. The number of fused-ring (bicyclic) bond motifs is 4. The predicted octanol–water partition coefficient (Wildman–Crippen LogP) is 2.93. The average Bonchev–Trinajstić information content (AvgIpc) is 2.64. The summed E-state index contributed by atoms with van der Waals surface area (Å²) in [6.45, 7) is 0.406. The molecule has 0 amide bonds. The van der Waals surface area contributed by atoms with E-state index in [0.29, 0.717) is 29.7 Å². The summed E-state index contributed by atoms with van der Waals surface area (Å²) < 4.78 is 1.62. The third-order valence-electron chi connectivity index (χ3n) is 4.02. The summed E-state index contributed by atoms with van der Waals surface area (Å²) in [5, 5.41) is 10.2. The summed E-state index contributed by atoms with van der Waals surface area (Å²) in [5.41, 5.74) is 2.32. The maximum Gasteiger partial charge on any atom is 0.261 e. The summed E-state index contributed by atoms with van der Waals surface area (Å²) in [6.07, 6.45) is 0.635. The van der Waals surface area contributed by atoms with E-state index < -0.39 is 0 Å².